The highest BCUT2D eigenvalue weighted by Gasteiger charge is 2.43. The van der Waals surface area contributed by atoms with E-state index in [1.165, 1.54) is 4.90 Å². The molecule has 5 rings (SSSR count). The molecule has 2 aromatic heterocycles. The second-order valence-corrected chi connectivity index (χ2v) is 11.5. The summed E-state index contributed by atoms with van der Waals surface area (Å²) in [6, 6.07) is 15.8. The van der Waals surface area contributed by atoms with Gasteiger partial charge in [-0.2, -0.15) is 0 Å². The van der Waals surface area contributed by atoms with Crippen LogP contribution in [0.2, 0.25) is 0 Å². The van der Waals surface area contributed by atoms with Crippen LogP contribution < -0.4 is 4.74 Å². The van der Waals surface area contributed by atoms with Gasteiger partial charge in [0.05, 0.1) is 18.3 Å². The highest BCUT2D eigenvalue weighted by atomic mass is 79.9. The Morgan fingerprint density at radius 3 is 2.25 bits per heavy atom. The number of methoxy groups -OCH3 is 1. The van der Waals surface area contributed by atoms with Crippen molar-refractivity contribution in [3.8, 4) is 16.2 Å². The molecule has 0 N–H and O–H groups in total. The van der Waals surface area contributed by atoms with E-state index in [0.717, 1.165) is 47.5 Å². The van der Waals surface area contributed by atoms with Gasteiger partial charge in [0, 0.05) is 55.0 Å². The molecule has 2 aromatic carbocycles. The van der Waals surface area contributed by atoms with Gasteiger partial charge in [-0.05, 0) is 69.7 Å². The van der Waals surface area contributed by atoms with E-state index in [-0.39, 0.29) is 17.9 Å². The van der Waals surface area contributed by atoms with Crippen LogP contribution in [0.4, 0.5) is 0 Å². The fourth-order valence-electron chi connectivity index (χ4n) is 4.98. The number of halogens is 1. The van der Waals surface area contributed by atoms with Crippen molar-refractivity contribution in [2.75, 3.05) is 7.11 Å². The Morgan fingerprint density at radius 2 is 1.61 bits per heavy atom. The zero-order chi connectivity index (χ0) is 25.9. The zero-order valence-corrected chi connectivity index (χ0v) is 23.5. The molecular formula is C29H27BrN2O3S. The quantitative estimate of drug-likeness (QED) is 0.246. The van der Waals surface area contributed by atoms with Gasteiger partial charge in [0.25, 0.3) is 11.8 Å². The molecular weight excluding hydrogens is 536 g/mol. The molecule has 0 aliphatic carbocycles. The first-order valence-corrected chi connectivity index (χ1v) is 13.4. The first-order chi connectivity index (χ1) is 17.1. The molecule has 5 nitrogen and oxygen atoms in total. The van der Waals surface area contributed by atoms with E-state index < -0.39 is 0 Å². The zero-order valence-electron chi connectivity index (χ0n) is 21.1. The Kier molecular flexibility index (Phi) is 6.17. The molecule has 3 heterocycles. The monoisotopic (exact) mass is 562 g/mol. The summed E-state index contributed by atoms with van der Waals surface area (Å²) in [5.41, 5.74) is 5.53. The first-order valence-electron chi connectivity index (χ1n) is 11.8. The fourth-order valence-corrected chi connectivity index (χ4v) is 6.27. The van der Waals surface area contributed by atoms with Crippen molar-refractivity contribution < 1.29 is 14.3 Å². The minimum absolute atomic E-state index is 0.243. The van der Waals surface area contributed by atoms with E-state index in [9.17, 15) is 9.59 Å². The predicted molar refractivity (Wildman–Crippen MR) is 150 cm³/mol. The second kappa shape index (κ2) is 9.05. The van der Waals surface area contributed by atoms with Gasteiger partial charge in [0.2, 0.25) is 0 Å². The molecule has 1 aliphatic rings. The highest BCUT2D eigenvalue weighted by molar-refractivity contribution is 9.10. The first kappa shape index (κ1) is 24.5. The molecule has 0 saturated carbocycles. The van der Waals surface area contributed by atoms with Crippen LogP contribution in [0, 0.1) is 13.8 Å². The standard InChI is InChI=1S/C29H27BrN2O3S/c1-15(2)32-28(33)26(21-14-24(36-17(21)4)18-7-9-19(30)10-8-18)27(29(32)34)25-16(3)31(5)23-12-11-20(35-6)13-22(23)25/h7-15H,1-6H3. The third-order valence-corrected chi connectivity index (χ3v) is 8.53. The van der Waals surface area contributed by atoms with E-state index >= 15 is 0 Å². The Hall–Kier alpha value is -3.16. The number of imide groups is 1. The smallest absolute Gasteiger partial charge is 0.262 e. The van der Waals surface area contributed by atoms with Gasteiger partial charge in [0.1, 0.15) is 5.75 Å². The van der Waals surface area contributed by atoms with Gasteiger partial charge in [-0.15, -0.1) is 11.3 Å². The Labute approximate surface area is 223 Å². The minimum atomic E-state index is -0.257. The Balaban J connectivity index is 1.81. The predicted octanol–water partition coefficient (Wildman–Crippen LogP) is 6.98. The lowest BCUT2D eigenvalue weighted by Gasteiger charge is -2.19. The Morgan fingerprint density at radius 1 is 0.944 bits per heavy atom. The topological polar surface area (TPSA) is 51.5 Å². The number of benzene rings is 2. The van der Waals surface area contributed by atoms with Crippen LogP contribution in [-0.4, -0.2) is 34.4 Å². The SMILES string of the molecule is COc1ccc2c(c1)c(C1=C(c3cc(-c4ccc(Br)cc4)sc3C)C(=O)N(C(C)C)C1=O)c(C)n2C. The van der Waals surface area contributed by atoms with Gasteiger partial charge in [-0.3, -0.25) is 14.5 Å². The van der Waals surface area contributed by atoms with E-state index in [0.29, 0.717) is 16.9 Å². The lowest BCUT2D eigenvalue weighted by Crippen LogP contribution is -2.37. The molecule has 7 heteroatoms. The Bertz CT molecular complexity index is 1570. The minimum Gasteiger partial charge on any atom is -0.497 e. The maximum Gasteiger partial charge on any atom is 0.262 e. The van der Waals surface area contributed by atoms with E-state index in [1.807, 2.05) is 65.1 Å². The molecule has 4 aromatic rings. The number of aryl methyl sites for hydroxylation is 2. The van der Waals surface area contributed by atoms with Crippen LogP contribution in [0.15, 0.2) is 53.0 Å². The molecule has 36 heavy (non-hydrogen) atoms. The number of ether oxygens (including phenoxy) is 1. The van der Waals surface area contributed by atoms with Gasteiger partial charge >= 0.3 is 0 Å². The van der Waals surface area contributed by atoms with Crippen molar-refractivity contribution in [2.45, 2.75) is 33.7 Å². The molecule has 0 spiro atoms. The third kappa shape index (κ3) is 3.73. The number of rotatable bonds is 5. The normalized spacial score (nSPS) is 14.2. The summed E-state index contributed by atoms with van der Waals surface area (Å²) in [4.78, 5) is 31.3. The number of carbonyl (C=O) groups excluding carboxylic acids is 2. The molecule has 2 amide bonds. The average molecular weight is 564 g/mol. The number of amides is 2. The number of aromatic nitrogens is 1. The molecule has 0 bridgehead atoms. The summed E-state index contributed by atoms with van der Waals surface area (Å²) in [5, 5.41) is 0.898. The number of fused-ring (bicyclic) bond motifs is 1. The van der Waals surface area contributed by atoms with Crippen molar-refractivity contribution in [2.24, 2.45) is 7.05 Å². The molecule has 0 unspecified atom stereocenters. The number of thiophene rings is 1. The van der Waals surface area contributed by atoms with Gasteiger partial charge in [0.15, 0.2) is 0 Å². The third-order valence-electron chi connectivity index (χ3n) is 6.90. The van der Waals surface area contributed by atoms with Crippen molar-refractivity contribution >= 4 is 61.1 Å². The van der Waals surface area contributed by atoms with Crippen LogP contribution in [0.5, 0.6) is 5.75 Å². The lowest BCUT2D eigenvalue weighted by molar-refractivity contribution is -0.137. The molecule has 0 saturated heterocycles. The summed E-state index contributed by atoms with van der Waals surface area (Å²) >= 11 is 5.13. The summed E-state index contributed by atoms with van der Waals surface area (Å²) in [6.07, 6.45) is 0. The van der Waals surface area contributed by atoms with Gasteiger partial charge in [-0.25, -0.2) is 0 Å². The van der Waals surface area contributed by atoms with Gasteiger partial charge in [-0.1, -0.05) is 28.1 Å². The summed E-state index contributed by atoms with van der Waals surface area (Å²) in [5.74, 6) is 0.213. The summed E-state index contributed by atoms with van der Waals surface area (Å²) < 4.78 is 8.58. The fraction of sp³-hybridized carbons (Fsp3) is 0.241. The van der Waals surface area contributed by atoms with Crippen LogP contribution in [-0.2, 0) is 16.6 Å². The number of hydrogen-bond acceptors (Lipinski definition) is 4. The molecule has 0 radical (unpaired) electrons. The van der Waals surface area contributed by atoms with E-state index in [1.54, 1.807) is 18.4 Å². The van der Waals surface area contributed by atoms with Crippen molar-refractivity contribution in [1.29, 1.82) is 0 Å². The highest BCUT2D eigenvalue weighted by Crippen LogP contribution is 2.45. The van der Waals surface area contributed by atoms with Crippen LogP contribution in [0.1, 0.15) is 35.5 Å². The number of hydrogen-bond donors (Lipinski definition) is 0. The van der Waals surface area contributed by atoms with Crippen molar-refractivity contribution in [3.05, 3.63) is 74.7 Å². The van der Waals surface area contributed by atoms with Gasteiger partial charge < -0.3 is 9.30 Å². The maximum atomic E-state index is 13.9. The van der Waals surface area contributed by atoms with E-state index in [4.69, 9.17) is 4.74 Å². The maximum absolute atomic E-state index is 13.9. The molecule has 1 aliphatic heterocycles. The van der Waals surface area contributed by atoms with Crippen LogP contribution >= 0.6 is 27.3 Å². The van der Waals surface area contributed by atoms with Crippen LogP contribution in [0.25, 0.3) is 32.5 Å². The molecule has 0 atom stereocenters. The lowest BCUT2D eigenvalue weighted by atomic mass is 9.94. The number of nitrogens with zero attached hydrogens (tertiary/aromatic N) is 2. The summed E-state index contributed by atoms with van der Waals surface area (Å²) in [6.45, 7) is 7.77. The molecule has 184 valence electrons. The number of carbonyl (C=O) groups is 2. The molecule has 0 fully saturated rings. The average Bonchev–Trinajstić information content (AvgIpc) is 3.43. The summed E-state index contributed by atoms with van der Waals surface area (Å²) in [7, 11) is 3.61. The van der Waals surface area contributed by atoms with Crippen molar-refractivity contribution in [3.63, 3.8) is 0 Å². The largest absolute Gasteiger partial charge is 0.497 e. The van der Waals surface area contributed by atoms with Crippen LogP contribution in [0.3, 0.4) is 0 Å². The second-order valence-electron chi connectivity index (χ2n) is 9.31. The van der Waals surface area contributed by atoms with Crippen molar-refractivity contribution in [1.82, 2.24) is 9.47 Å². The van der Waals surface area contributed by atoms with E-state index in [2.05, 4.69) is 38.7 Å².